The van der Waals surface area contributed by atoms with Crippen LogP contribution in [0.4, 0.5) is 32.0 Å². The number of aliphatic hydroxyl groups is 1. The predicted octanol–water partition coefficient (Wildman–Crippen LogP) is 3.72. The van der Waals surface area contributed by atoms with E-state index in [-0.39, 0.29) is 11.6 Å². The Bertz CT molecular complexity index is 957. The van der Waals surface area contributed by atoms with Crippen molar-refractivity contribution in [3.05, 3.63) is 59.4 Å². The number of alkyl halides is 3. The molecule has 0 amide bonds. The van der Waals surface area contributed by atoms with E-state index in [0.717, 1.165) is 25.1 Å². The van der Waals surface area contributed by atoms with Crippen LogP contribution in [0.1, 0.15) is 12.5 Å². The molecular weight excluding hydrogens is 400 g/mol. The molecule has 2 aromatic carbocycles. The molecule has 11 heteroatoms. The topological polar surface area (TPSA) is 66.4 Å². The minimum Gasteiger partial charge on any atom is -0.383 e. The summed E-state index contributed by atoms with van der Waals surface area (Å²) in [6, 6.07) is 3.93. The molecule has 0 heterocycles. The first-order valence-corrected chi connectivity index (χ1v) is 8.77. The van der Waals surface area contributed by atoms with Crippen LogP contribution in [0.25, 0.3) is 0 Å². The monoisotopic (exact) mass is 413 g/mol. The fourth-order valence-electron chi connectivity index (χ4n) is 2.28. The van der Waals surface area contributed by atoms with Crippen molar-refractivity contribution in [2.45, 2.75) is 22.9 Å². The Labute approximate surface area is 150 Å². The SMILES string of the molecule is CC(O)(CNc1ccc(F)cc1S(=O)(=O)C(F)(F)F)c1ccc(F)cc1F. The van der Waals surface area contributed by atoms with E-state index < -0.39 is 55.5 Å². The van der Waals surface area contributed by atoms with Crippen molar-refractivity contribution in [3.8, 4) is 0 Å². The zero-order chi connectivity index (χ0) is 20.6. The number of hydrogen-bond acceptors (Lipinski definition) is 4. The summed E-state index contributed by atoms with van der Waals surface area (Å²) < 4.78 is 102. The number of halogens is 6. The van der Waals surface area contributed by atoms with Gasteiger partial charge in [0.2, 0.25) is 0 Å². The van der Waals surface area contributed by atoms with Crippen molar-refractivity contribution in [3.63, 3.8) is 0 Å². The lowest BCUT2D eigenvalue weighted by Crippen LogP contribution is -2.32. The van der Waals surface area contributed by atoms with E-state index in [0.29, 0.717) is 12.1 Å². The molecule has 0 aliphatic heterocycles. The molecule has 1 atom stereocenters. The van der Waals surface area contributed by atoms with Crippen LogP contribution < -0.4 is 5.32 Å². The zero-order valence-electron chi connectivity index (χ0n) is 13.6. The Morgan fingerprint density at radius 2 is 1.56 bits per heavy atom. The molecule has 4 nitrogen and oxygen atoms in total. The Morgan fingerprint density at radius 1 is 1.00 bits per heavy atom. The molecule has 0 saturated heterocycles. The summed E-state index contributed by atoms with van der Waals surface area (Å²) >= 11 is 0. The van der Waals surface area contributed by atoms with Gasteiger partial charge in [0.1, 0.15) is 27.9 Å². The molecule has 2 rings (SSSR count). The lowest BCUT2D eigenvalue weighted by Gasteiger charge is -2.26. The summed E-state index contributed by atoms with van der Waals surface area (Å²) in [6.45, 7) is 0.430. The fourth-order valence-corrected chi connectivity index (χ4v) is 3.22. The number of hydrogen-bond donors (Lipinski definition) is 2. The number of nitrogens with one attached hydrogen (secondary N) is 1. The van der Waals surface area contributed by atoms with Gasteiger partial charge in [-0.15, -0.1) is 0 Å². The molecule has 0 bridgehead atoms. The van der Waals surface area contributed by atoms with Gasteiger partial charge in [0, 0.05) is 18.2 Å². The Kier molecular flexibility index (Phi) is 5.48. The van der Waals surface area contributed by atoms with Gasteiger partial charge in [-0.25, -0.2) is 21.6 Å². The molecule has 0 spiro atoms. The average Bonchev–Trinajstić information content (AvgIpc) is 2.52. The van der Waals surface area contributed by atoms with Gasteiger partial charge in [0.25, 0.3) is 9.84 Å². The van der Waals surface area contributed by atoms with Gasteiger partial charge in [-0.05, 0) is 31.2 Å². The first kappa shape index (κ1) is 21.0. The molecule has 0 aromatic heterocycles. The molecule has 0 radical (unpaired) electrons. The zero-order valence-corrected chi connectivity index (χ0v) is 14.4. The normalized spacial score (nSPS) is 14.7. The maximum absolute atomic E-state index is 13.8. The minimum absolute atomic E-state index is 0.179. The minimum atomic E-state index is -5.88. The highest BCUT2D eigenvalue weighted by molar-refractivity contribution is 7.92. The summed E-state index contributed by atoms with van der Waals surface area (Å²) in [5.74, 6) is -3.24. The summed E-state index contributed by atoms with van der Waals surface area (Å²) in [7, 11) is -5.88. The van der Waals surface area contributed by atoms with Gasteiger partial charge in [0.15, 0.2) is 0 Å². The Morgan fingerprint density at radius 3 is 2.11 bits per heavy atom. The molecule has 2 aromatic rings. The van der Waals surface area contributed by atoms with Gasteiger partial charge in [0.05, 0.1) is 5.69 Å². The number of sulfone groups is 1. The maximum atomic E-state index is 13.8. The number of rotatable bonds is 5. The van der Waals surface area contributed by atoms with Gasteiger partial charge in [-0.3, -0.25) is 0 Å². The van der Waals surface area contributed by atoms with Crippen molar-refractivity contribution in [1.82, 2.24) is 0 Å². The van der Waals surface area contributed by atoms with Crippen molar-refractivity contribution >= 4 is 15.5 Å². The molecule has 0 saturated carbocycles. The standard InChI is InChI=1S/C16H13F6NO3S/c1-15(24,11-4-2-9(17)6-12(11)19)8-23-13-5-3-10(18)7-14(13)27(25,26)16(20,21)22/h2-7,23-24H,8H2,1H3. The largest absolute Gasteiger partial charge is 0.501 e. The summed E-state index contributed by atoms with van der Waals surface area (Å²) in [5.41, 5.74) is -8.75. The van der Waals surface area contributed by atoms with Crippen LogP contribution >= 0.6 is 0 Å². The summed E-state index contributed by atoms with van der Waals surface area (Å²) in [4.78, 5) is -1.38. The highest BCUT2D eigenvalue weighted by atomic mass is 32.2. The third kappa shape index (κ3) is 4.35. The van der Waals surface area contributed by atoms with Crippen molar-refractivity contribution in [1.29, 1.82) is 0 Å². The highest BCUT2D eigenvalue weighted by Crippen LogP contribution is 2.35. The van der Waals surface area contributed by atoms with Crippen LogP contribution in [-0.4, -0.2) is 25.6 Å². The van der Waals surface area contributed by atoms with E-state index in [1.54, 1.807) is 0 Å². The lowest BCUT2D eigenvalue weighted by molar-refractivity contribution is -0.0435. The Balaban J connectivity index is 2.38. The predicted molar refractivity (Wildman–Crippen MR) is 84.1 cm³/mol. The van der Waals surface area contributed by atoms with E-state index in [9.17, 15) is 39.9 Å². The Hall–Kier alpha value is -2.27. The van der Waals surface area contributed by atoms with E-state index in [2.05, 4.69) is 5.32 Å². The third-order valence-electron chi connectivity index (χ3n) is 3.67. The summed E-state index contributed by atoms with van der Waals surface area (Å²) in [6.07, 6.45) is 0. The molecule has 27 heavy (non-hydrogen) atoms. The van der Waals surface area contributed by atoms with E-state index >= 15 is 0 Å². The van der Waals surface area contributed by atoms with Crippen LogP contribution in [0.2, 0.25) is 0 Å². The molecule has 1 unspecified atom stereocenters. The van der Waals surface area contributed by atoms with Crippen LogP contribution in [0.5, 0.6) is 0 Å². The van der Waals surface area contributed by atoms with E-state index in [1.807, 2.05) is 0 Å². The van der Waals surface area contributed by atoms with E-state index in [1.165, 1.54) is 0 Å². The van der Waals surface area contributed by atoms with Crippen molar-refractivity contribution < 1.29 is 39.9 Å². The molecule has 2 N–H and O–H groups in total. The van der Waals surface area contributed by atoms with Crippen LogP contribution in [0.3, 0.4) is 0 Å². The summed E-state index contributed by atoms with van der Waals surface area (Å²) in [5, 5.41) is 12.6. The first-order valence-electron chi connectivity index (χ1n) is 7.28. The quantitative estimate of drug-likeness (QED) is 0.734. The molecule has 0 fully saturated rings. The second kappa shape index (κ2) is 7.04. The van der Waals surface area contributed by atoms with Crippen molar-refractivity contribution in [2.75, 3.05) is 11.9 Å². The lowest BCUT2D eigenvalue weighted by atomic mass is 9.95. The molecule has 0 aliphatic carbocycles. The van der Waals surface area contributed by atoms with Gasteiger partial charge < -0.3 is 10.4 Å². The fraction of sp³-hybridized carbons (Fsp3) is 0.250. The van der Waals surface area contributed by atoms with Crippen LogP contribution in [-0.2, 0) is 15.4 Å². The number of benzene rings is 2. The molecule has 148 valence electrons. The smallest absolute Gasteiger partial charge is 0.383 e. The third-order valence-corrected chi connectivity index (χ3v) is 5.20. The maximum Gasteiger partial charge on any atom is 0.501 e. The van der Waals surface area contributed by atoms with E-state index in [4.69, 9.17) is 0 Å². The van der Waals surface area contributed by atoms with Gasteiger partial charge >= 0.3 is 5.51 Å². The number of anilines is 1. The molecular formula is C16H13F6NO3S. The highest BCUT2D eigenvalue weighted by Gasteiger charge is 2.48. The van der Waals surface area contributed by atoms with Gasteiger partial charge in [-0.2, -0.15) is 13.2 Å². The van der Waals surface area contributed by atoms with Crippen LogP contribution in [0, 0.1) is 17.5 Å². The van der Waals surface area contributed by atoms with Crippen molar-refractivity contribution in [2.24, 2.45) is 0 Å². The first-order chi connectivity index (χ1) is 12.3. The second-order valence-electron chi connectivity index (χ2n) is 5.84. The second-order valence-corrected chi connectivity index (χ2v) is 7.75. The molecule has 0 aliphatic rings. The average molecular weight is 413 g/mol. The van der Waals surface area contributed by atoms with Gasteiger partial charge in [-0.1, -0.05) is 6.07 Å². The van der Waals surface area contributed by atoms with Crippen LogP contribution in [0.15, 0.2) is 41.3 Å².